The van der Waals surface area contributed by atoms with E-state index in [-0.39, 0.29) is 24.3 Å². The normalized spacial score (nSPS) is 12.9. The first-order valence-electron chi connectivity index (χ1n) is 12.5. The number of urea groups is 1. The Bertz CT molecular complexity index is 1570. The number of benzene rings is 3. The number of carbonyl (C=O) groups excluding carboxylic acids is 1. The van der Waals surface area contributed by atoms with Gasteiger partial charge in [0.25, 0.3) is 5.56 Å². The molecule has 0 spiro atoms. The summed E-state index contributed by atoms with van der Waals surface area (Å²) in [5.74, 6) is 1.10. The van der Waals surface area contributed by atoms with Gasteiger partial charge in [0.2, 0.25) is 5.95 Å². The number of amides is 2. The van der Waals surface area contributed by atoms with Crippen molar-refractivity contribution in [2.75, 3.05) is 24.3 Å². The lowest BCUT2D eigenvalue weighted by Gasteiger charge is -2.29. The smallest absolute Gasteiger partial charge is 0.416 e. The number of alkyl halides is 3. The third-order valence-corrected chi connectivity index (χ3v) is 6.58. The summed E-state index contributed by atoms with van der Waals surface area (Å²) in [6.45, 7) is 0.628. The van der Waals surface area contributed by atoms with Gasteiger partial charge in [-0.25, -0.2) is 14.3 Å². The van der Waals surface area contributed by atoms with E-state index in [9.17, 15) is 22.8 Å². The highest BCUT2D eigenvalue weighted by Crippen LogP contribution is 2.31. The Hall–Kier alpha value is -4.80. The van der Waals surface area contributed by atoms with Crippen molar-refractivity contribution in [2.24, 2.45) is 0 Å². The molecule has 0 saturated carbocycles. The second kappa shape index (κ2) is 11.1. The molecule has 2 N–H and O–H groups in total. The molecular weight excluding hydrogens is 523 g/mol. The first kappa shape index (κ1) is 26.8. The Balaban J connectivity index is 1.41. The predicted octanol–water partition coefficient (Wildman–Crippen LogP) is 5.46. The Labute approximate surface area is 228 Å². The van der Waals surface area contributed by atoms with Crippen LogP contribution in [0.4, 0.5) is 29.6 Å². The standard InChI is InChI=1S/C29H26F3N5O3/c1-40-23-12-10-19(11-13-23)17-33-27-35-25-14-15-36(18-24(25)26(38)37(27)22-8-3-2-4-9-22)28(39)34-21-7-5-6-20(16-21)29(30,31)32/h2-13,16H,14-15,17-18H2,1H3,(H,33,35)(H,34,39). The van der Waals surface area contributed by atoms with Crippen LogP contribution in [0.5, 0.6) is 5.75 Å². The molecule has 206 valence electrons. The molecule has 5 rings (SSSR count). The second-order valence-corrected chi connectivity index (χ2v) is 9.22. The molecule has 0 aliphatic carbocycles. The number of aromatic nitrogens is 2. The minimum atomic E-state index is -4.53. The third kappa shape index (κ3) is 5.78. The lowest BCUT2D eigenvalue weighted by atomic mass is 10.1. The van der Waals surface area contributed by atoms with E-state index in [0.717, 1.165) is 23.4 Å². The molecule has 4 aromatic rings. The Morgan fingerprint density at radius 3 is 2.48 bits per heavy atom. The summed E-state index contributed by atoms with van der Waals surface area (Å²) < 4.78 is 45.9. The first-order chi connectivity index (χ1) is 19.2. The Morgan fingerprint density at radius 2 is 1.77 bits per heavy atom. The molecule has 0 unspecified atom stereocenters. The Kier molecular flexibility index (Phi) is 7.45. The molecule has 40 heavy (non-hydrogen) atoms. The maximum Gasteiger partial charge on any atom is 0.416 e. The summed E-state index contributed by atoms with van der Waals surface area (Å²) >= 11 is 0. The summed E-state index contributed by atoms with van der Waals surface area (Å²) in [6, 6.07) is 20.4. The highest BCUT2D eigenvalue weighted by atomic mass is 19.4. The van der Waals surface area contributed by atoms with Crippen LogP contribution in [0, 0.1) is 0 Å². The number of methoxy groups -OCH3 is 1. The number of hydrogen-bond acceptors (Lipinski definition) is 5. The fourth-order valence-electron chi connectivity index (χ4n) is 4.49. The number of anilines is 2. The minimum absolute atomic E-state index is 0.0172. The number of rotatable bonds is 6. The van der Waals surface area contributed by atoms with Gasteiger partial charge in [0.05, 0.1) is 36.2 Å². The highest BCUT2D eigenvalue weighted by molar-refractivity contribution is 5.89. The van der Waals surface area contributed by atoms with Crippen LogP contribution < -0.4 is 20.9 Å². The number of nitrogens with zero attached hydrogens (tertiary/aromatic N) is 3. The van der Waals surface area contributed by atoms with E-state index in [1.165, 1.54) is 21.6 Å². The molecule has 2 amide bonds. The zero-order valence-electron chi connectivity index (χ0n) is 21.5. The van der Waals surface area contributed by atoms with E-state index >= 15 is 0 Å². The average molecular weight is 550 g/mol. The van der Waals surface area contributed by atoms with Gasteiger partial charge in [0.15, 0.2) is 0 Å². The van der Waals surface area contributed by atoms with Gasteiger partial charge >= 0.3 is 12.2 Å². The quantitative estimate of drug-likeness (QED) is 0.334. The maximum atomic E-state index is 13.8. The zero-order valence-corrected chi connectivity index (χ0v) is 21.5. The van der Waals surface area contributed by atoms with Crippen LogP contribution in [0.2, 0.25) is 0 Å². The number of para-hydroxylation sites is 1. The molecular formula is C29H26F3N5O3. The molecule has 1 aliphatic rings. The van der Waals surface area contributed by atoms with E-state index in [0.29, 0.717) is 35.9 Å². The van der Waals surface area contributed by atoms with Gasteiger partial charge in [0.1, 0.15) is 5.75 Å². The molecule has 0 fully saturated rings. The van der Waals surface area contributed by atoms with Crippen LogP contribution in [0.25, 0.3) is 5.69 Å². The van der Waals surface area contributed by atoms with Crippen molar-refractivity contribution in [1.82, 2.24) is 14.5 Å². The van der Waals surface area contributed by atoms with Crippen LogP contribution in [-0.2, 0) is 25.7 Å². The van der Waals surface area contributed by atoms with Crippen LogP contribution in [-0.4, -0.2) is 34.1 Å². The predicted molar refractivity (Wildman–Crippen MR) is 145 cm³/mol. The molecule has 8 nitrogen and oxygen atoms in total. The van der Waals surface area contributed by atoms with Crippen LogP contribution in [0.3, 0.4) is 0 Å². The van der Waals surface area contributed by atoms with Crippen LogP contribution in [0.1, 0.15) is 22.4 Å². The summed E-state index contributed by atoms with van der Waals surface area (Å²) in [7, 11) is 1.60. The minimum Gasteiger partial charge on any atom is -0.497 e. The van der Waals surface area contributed by atoms with E-state index in [1.54, 1.807) is 19.2 Å². The summed E-state index contributed by atoms with van der Waals surface area (Å²) in [5, 5.41) is 5.78. The SMILES string of the molecule is COc1ccc(CNc2nc3c(c(=O)n2-c2ccccc2)CN(C(=O)Nc2cccc(C(F)(F)F)c2)CC3)cc1. The lowest BCUT2D eigenvalue weighted by Crippen LogP contribution is -2.43. The highest BCUT2D eigenvalue weighted by Gasteiger charge is 2.31. The molecule has 0 saturated heterocycles. The van der Waals surface area contributed by atoms with Crippen molar-refractivity contribution in [1.29, 1.82) is 0 Å². The second-order valence-electron chi connectivity index (χ2n) is 9.22. The molecule has 3 aromatic carbocycles. The number of ether oxygens (including phenoxy) is 1. The number of carbonyl (C=O) groups is 1. The fraction of sp³-hybridized carbons (Fsp3) is 0.207. The van der Waals surface area contributed by atoms with Crippen molar-refractivity contribution < 1.29 is 22.7 Å². The number of nitrogens with one attached hydrogen (secondary N) is 2. The molecule has 2 heterocycles. The number of fused-ring (bicyclic) bond motifs is 1. The number of halogens is 3. The maximum absolute atomic E-state index is 13.8. The van der Waals surface area contributed by atoms with Gasteiger partial charge in [-0.15, -0.1) is 0 Å². The van der Waals surface area contributed by atoms with Gasteiger partial charge in [-0.05, 0) is 48.0 Å². The van der Waals surface area contributed by atoms with E-state index in [2.05, 4.69) is 10.6 Å². The van der Waals surface area contributed by atoms with Gasteiger partial charge in [-0.1, -0.05) is 36.4 Å². The van der Waals surface area contributed by atoms with Crippen molar-refractivity contribution in [3.05, 3.63) is 112 Å². The van der Waals surface area contributed by atoms with Gasteiger partial charge in [-0.2, -0.15) is 13.2 Å². The largest absolute Gasteiger partial charge is 0.497 e. The first-order valence-corrected chi connectivity index (χ1v) is 12.5. The summed E-state index contributed by atoms with van der Waals surface area (Å²) in [4.78, 5) is 32.9. The summed E-state index contributed by atoms with van der Waals surface area (Å²) in [5.41, 5.74) is 1.31. The fourth-order valence-corrected chi connectivity index (χ4v) is 4.49. The van der Waals surface area contributed by atoms with Crippen molar-refractivity contribution in [2.45, 2.75) is 25.7 Å². The number of hydrogen-bond donors (Lipinski definition) is 2. The molecule has 1 aromatic heterocycles. The van der Waals surface area contributed by atoms with Crippen molar-refractivity contribution in [3.63, 3.8) is 0 Å². The summed E-state index contributed by atoms with van der Waals surface area (Å²) in [6.07, 6.45) is -4.22. The van der Waals surface area contributed by atoms with E-state index in [4.69, 9.17) is 9.72 Å². The van der Waals surface area contributed by atoms with Crippen molar-refractivity contribution >= 4 is 17.7 Å². The third-order valence-electron chi connectivity index (χ3n) is 6.58. The molecule has 0 atom stereocenters. The van der Waals surface area contributed by atoms with Gasteiger partial charge in [0, 0.05) is 25.2 Å². The van der Waals surface area contributed by atoms with Crippen LogP contribution >= 0.6 is 0 Å². The van der Waals surface area contributed by atoms with Crippen molar-refractivity contribution in [3.8, 4) is 11.4 Å². The molecule has 1 aliphatic heterocycles. The Morgan fingerprint density at radius 1 is 1.02 bits per heavy atom. The van der Waals surface area contributed by atoms with E-state index in [1.807, 2.05) is 42.5 Å². The average Bonchev–Trinajstić information content (AvgIpc) is 2.96. The molecule has 0 bridgehead atoms. The van der Waals surface area contributed by atoms with Crippen LogP contribution in [0.15, 0.2) is 83.7 Å². The van der Waals surface area contributed by atoms with Gasteiger partial charge in [-0.3, -0.25) is 4.79 Å². The molecule has 11 heteroatoms. The monoisotopic (exact) mass is 549 g/mol. The molecule has 0 radical (unpaired) electrons. The zero-order chi connectivity index (χ0) is 28.3. The van der Waals surface area contributed by atoms with E-state index < -0.39 is 17.8 Å². The topological polar surface area (TPSA) is 88.5 Å². The van der Waals surface area contributed by atoms with Gasteiger partial charge < -0.3 is 20.3 Å². The lowest BCUT2D eigenvalue weighted by molar-refractivity contribution is -0.137.